The zero-order chi connectivity index (χ0) is 14.9. The summed E-state index contributed by atoms with van der Waals surface area (Å²) in [6.45, 7) is 8.23. The molecule has 0 rings (SSSR count). The van der Waals surface area contributed by atoms with Crippen molar-refractivity contribution in [2.75, 3.05) is 13.1 Å². The van der Waals surface area contributed by atoms with E-state index >= 15 is 0 Å². The van der Waals surface area contributed by atoms with E-state index in [9.17, 15) is 0 Å². The Kier molecular flexibility index (Phi) is 9.62. The van der Waals surface area contributed by atoms with Crippen LogP contribution in [0, 0.1) is 11.3 Å². The smallest absolute Gasteiger partial charge is 0.0197 e. The van der Waals surface area contributed by atoms with Crippen molar-refractivity contribution in [3.8, 4) is 0 Å². The topological polar surface area (TPSA) is 104 Å². The Hall–Kier alpha value is -0.160. The summed E-state index contributed by atoms with van der Waals surface area (Å²) in [5.74, 6) is 0.544. The Morgan fingerprint density at radius 3 is 2.05 bits per heavy atom. The van der Waals surface area contributed by atoms with Crippen molar-refractivity contribution in [2.24, 2.45) is 34.3 Å². The molecule has 4 nitrogen and oxygen atoms in total. The number of hydrogen-bond acceptors (Lipinski definition) is 4. The molecule has 0 saturated carbocycles. The third-order valence-electron chi connectivity index (χ3n) is 3.88. The minimum atomic E-state index is 0.0813. The van der Waals surface area contributed by atoms with Crippen LogP contribution in [0.15, 0.2) is 0 Å². The Morgan fingerprint density at radius 2 is 1.53 bits per heavy atom. The van der Waals surface area contributed by atoms with Crippen LogP contribution < -0.4 is 22.9 Å². The summed E-state index contributed by atoms with van der Waals surface area (Å²) in [5, 5.41) is 0. The van der Waals surface area contributed by atoms with Crippen LogP contribution in [0.4, 0.5) is 0 Å². The number of rotatable bonds is 11. The Labute approximate surface area is 119 Å². The van der Waals surface area contributed by atoms with Crippen molar-refractivity contribution in [1.29, 1.82) is 0 Å². The van der Waals surface area contributed by atoms with Gasteiger partial charge in [0.1, 0.15) is 0 Å². The summed E-state index contributed by atoms with van der Waals surface area (Å²) < 4.78 is 0. The summed E-state index contributed by atoms with van der Waals surface area (Å²) in [6, 6.07) is 0.183. The minimum Gasteiger partial charge on any atom is -0.330 e. The minimum absolute atomic E-state index is 0.0813. The van der Waals surface area contributed by atoms with Gasteiger partial charge >= 0.3 is 0 Å². The van der Waals surface area contributed by atoms with E-state index in [4.69, 9.17) is 22.9 Å². The maximum absolute atomic E-state index is 6.25. The second kappa shape index (κ2) is 9.70. The molecule has 0 heterocycles. The first-order valence-corrected chi connectivity index (χ1v) is 7.73. The van der Waals surface area contributed by atoms with Crippen molar-refractivity contribution in [1.82, 2.24) is 0 Å². The van der Waals surface area contributed by atoms with Crippen LogP contribution in [0.2, 0.25) is 0 Å². The van der Waals surface area contributed by atoms with Crippen LogP contribution in [0.5, 0.6) is 0 Å². The van der Waals surface area contributed by atoms with Crippen LogP contribution in [0.25, 0.3) is 0 Å². The first-order valence-electron chi connectivity index (χ1n) is 7.73. The molecule has 116 valence electrons. The fourth-order valence-corrected chi connectivity index (χ4v) is 2.81. The lowest BCUT2D eigenvalue weighted by atomic mass is 9.77. The van der Waals surface area contributed by atoms with Gasteiger partial charge in [-0.1, -0.05) is 33.6 Å². The molecule has 0 radical (unpaired) electrons. The quantitative estimate of drug-likeness (QED) is 0.428. The largest absolute Gasteiger partial charge is 0.330 e. The summed E-state index contributed by atoms with van der Waals surface area (Å²) in [5.41, 5.74) is 23.8. The highest BCUT2D eigenvalue weighted by atomic mass is 14.8. The van der Waals surface area contributed by atoms with Gasteiger partial charge in [-0.3, -0.25) is 0 Å². The summed E-state index contributed by atoms with van der Waals surface area (Å²) >= 11 is 0. The van der Waals surface area contributed by atoms with Crippen molar-refractivity contribution in [2.45, 2.75) is 71.4 Å². The van der Waals surface area contributed by atoms with Gasteiger partial charge in [0.25, 0.3) is 0 Å². The zero-order valence-electron chi connectivity index (χ0n) is 13.2. The van der Waals surface area contributed by atoms with Crippen molar-refractivity contribution in [3.63, 3.8) is 0 Å². The van der Waals surface area contributed by atoms with Crippen LogP contribution in [-0.2, 0) is 0 Å². The highest BCUT2D eigenvalue weighted by Crippen LogP contribution is 2.30. The molecule has 0 amide bonds. The molecule has 4 heteroatoms. The Bertz CT molecular complexity index is 218. The molecule has 8 N–H and O–H groups in total. The monoisotopic (exact) mass is 272 g/mol. The van der Waals surface area contributed by atoms with E-state index in [0.717, 1.165) is 51.6 Å². The molecule has 3 atom stereocenters. The molecule has 0 fully saturated rings. The van der Waals surface area contributed by atoms with E-state index in [1.54, 1.807) is 0 Å². The van der Waals surface area contributed by atoms with Gasteiger partial charge in [0.15, 0.2) is 0 Å². The normalized spacial score (nSPS) is 17.2. The first kappa shape index (κ1) is 18.8. The third-order valence-corrected chi connectivity index (χ3v) is 3.88. The lowest BCUT2D eigenvalue weighted by Crippen LogP contribution is -2.44. The standard InChI is InChI=1S/C15H36N4/c1-12(11-17)9-15(2,3)10-14(19)13(18)7-5-4-6-8-16/h12-14H,4-11,16-19H2,1-3H3. The van der Waals surface area contributed by atoms with Crippen LogP contribution in [-0.4, -0.2) is 25.2 Å². The summed E-state index contributed by atoms with van der Waals surface area (Å²) in [6.07, 6.45) is 6.45. The molecule has 0 bridgehead atoms. The van der Waals surface area contributed by atoms with Gasteiger partial charge in [0.2, 0.25) is 0 Å². The Balaban J connectivity index is 4.01. The van der Waals surface area contributed by atoms with Crippen LogP contribution in [0.1, 0.15) is 59.3 Å². The van der Waals surface area contributed by atoms with Crippen molar-refractivity contribution in [3.05, 3.63) is 0 Å². The van der Waals surface area contributed by atoms with Gasteiger partial charge in [-0.15, -0.1) is 0 Å². The van der Waals surface area contributed by atoms with E-state index in [-0.39, 0.29) is 17.5 Å². The van der Waals surface area contributed by atoms with Gasteiger partial charge in [0, 0.05) is 12.1 Å². The van der Waals surface area contributed by atoms with Crippen molar-refractivity contribution >= 4 is 0 Å². The lowest BCUT2D eigenvalue weighted by Gasteiger charge is -2.32. The van der Waals surface area contributed by atoms with Gasteiger partial charge in [-0.25, -0.2) is 0 Å². The maximum Gasteiger partial charge on any atom is 0.0197 e. The molecule has 0 spiro atoms. The molecular weight excluding hydrogens is 236 g/mol. The van der Waals surface area contributed by atoms with Crippen LogP contribution >= 0.6 is 0 Å². The molecule has 0 aromatic carbocycles. The molecule has 0 aliphatic heterocycles. The van der Waals surface area contributed by atoms with E-state index < -0.39 is 0 Å². The van der Waals surface area contributed by atoms with Gasteiger partial charge in [0.05, 0.1) is 0 Å². The lowest BCUT2D eigenvalue weighted by molar-refractivity contribution is 0.227. The van der Waals surface area contributed by atoms with E-state index in [2.05, 4.69) is 20.8 Å². The summed E-state index contributed by atoms with van der Waals surface area (Å²) in [4.78, 5) is 0. The average molecular weight is 272 g/mol. The summed E-state index contributed by atoms with van der Waals surface area (Å²) in [7, 11) is 0. The molecule has 0 aliphatic carbocycles. The fourth-order valence-electron chi connectivity index (χ4n) is 2.81. The number of unbranched alkanes of at least 4 members (excludes halogenated alkanes) is 2. The molecular formula is C15H36N4. The second-order valence-electron chi connectivity index (χ2n) is 6.88. The van der Waals surface area contributed by atoms with E-state index in [0.29, 0.717) is 5.92 Å². The third kappa shape index (κ3) is 9.38. The predicted molar refractivity (Wildman–Crippen MR) is 84.7 cm³/mol. The maximum atomic E-state index is 6.25. The first-order chi connectivity index (χ1) is 8.82. The Morgan fingerprint density at radius 1 is 0.895 bits per heavy atom. The molecule has 0 aliphatic rings. The molecule has 0 saturated heterocycles. The zero-order valence-corrected chi connectivity index (χ0v) is 13.2. The van der Waals surface area contributed by atoms with Gasteiger partial charge in [-0.05, 0) is 50.1 Å². The van der Waals surface area contributed by atoms with E-state index in [1.165, 1.54) is 0 Å². The average Bonchev–Trinajstić information content (AvgIpc) is 2.32. The molecule has 0 aromatic heterocycles. The molecule has 3 unspecified atom stereocenters. The second-order valence-corrected chi connectivity index (χ2v) is 6.88. The highest BCUT2D eigenvalue weighted by molar-refractivity contribution is 4.84. The van der Waals surface area contributed by atoms with Gasteiger partial charge in [-0.2, -0.15) is 0 Å². The predicted octanol–water partition coefficient (Wildman–Crippen LogP) is 1.56. The van der Waals surface area contributed by atoms with Gasteiger partial charge < -0.3 is 22.9 Å². The number of nitrogens with two attached hydrogens (primary N) is 4. The number of hydrogen-bond donors (Lipinski definition) is 4. The fraction of sp³-hybridized carbons (Fsp3) is 1.00. The van der Waals surface area contributed by atoms with Crippen LogP contribution in [0.3, 0.4) is 0 Å². The molecule has 19 heavy (non-hydrogen) atoms. The highest BCUT2D eigenvalue weighted by Gasteiger charge is 2.26. The SMILES string of the molecule is CC(CN)CC(C)(C)CC(N)C(N)CCCCCN. The van der Waals surface area contributed by atoms with E-state index in [1.807, 2.05) is 0 Å². The van der Waals surface area contributed by atoms with Crippen molar-refractivity contribution < 1.29 is 0 Å². The molecule has 0 aromatic rings.